The maximum Gasteiger partial charge on any atom is 0.271 e. The molecular weight excluding hydrogens is 328 g/mol. The van der Waals surface area contributed by atoms with Gasteiger partial charge in [0, 0.05) is 12.0 Å². The van der Waals surface area contributed by atoms with Crippen LogP contribution in [0.15, 0.2) is 48.5 Å². The van der Waals surface area contributed by atoms with Crippen molar-refractivity contribution in [1.29, 1.82) is 0 Å². The molecule has 0 aliphatic carbocycles. The third kappa shape index (κ3) is 2.63. The summed E-state index contributed by atoms with van der Waals surface area (Å²) in [5.74, 6) is 2.78. The van der Waals surface area contributed by atoms with Crippen molar-refractivity contribution in [2.75, 3.05) is 32.2 Å². The standard InChI is InChI=1S/C21H25N2O3/c1-25-17-12-10-16(11-13-17)21(24)15-22(20-9-5-6-14-23(20)21)18-7-3-4-8-19(18)26-2/h3-4,7-8,10-13,24H,5-6,9,14-15H2,1-2H3/q+1. The monoisotopic (exact) mass is 353 g/mol. The Morgan fingerprint density at radius 3 is 2.50 bits per heavy atom. The van der Waals surface area contributed by atoms with E-state index in [2.05, 4.69) is 15.5 Å². The SMILES string of the molecule is COc1ccc(C2(O)CN(c3ccccc3OC)C3=[N+]2CCCC3)cc1. The Hall–Kier alpha value is -2.53. The fourth-order valence-electron chi connectivity index (χ4n) is 4.08. The molecule has 0 saturated carbocycles. The molecule has 1 unspecified atom stereocenters. The second-order valence-corrected chi connectivity index (χ2v) is 6.83. The van der Waals surface area contributed by atoms with Crippen LogP contribution in [-0.4, -0.2) is 42.8 Å². The number of amidine groups is 1. The molecule has 136 valence electrons. The third-order valence-corrected chi connectivity index (χ3v) is 5.41. The summed E-state index contributed by atoms with van der Waals surface area (Å²) in [7, 11) is 3.34. The van der Waals surface area contributed by atoms with Crippen molar-refractivity contribution in [3.05, 3.63) is 54.1 Å². The van der Waals surface area contributed by atoms with E-state index in [1.807, 2.05) is 42.5 Å². The maximum atomic E-state index is 11.7. The van der Waals surface area contributed by atoms with Crippen molar-refractivity contribution >= 4 is 11.5 Å². The molecule has 0 radical (unpaired) electrons. The molecule has 2 heterocycles. The molecule has 0 bridgehead atoms. The van der Waals surface area contributed by atoms with E-state index in [0.717, 1.165) is 48.6 Å². The van der Waals surface area contributed by atoms with Gasteiger partial charge in [0.15, 0.2) is 18.0 Å². The number of methoxy groups -OCH3 is 2. The molecule has 2 aromatic rings. The van der Waals surface area contributed by atoms with Gasteiger partial charge in [0.05, 0.1) is 20.8 Å². The topological polar surface area (TPSA) is 44.9 Å². The van der Waals surface area contributed by atoms with Gasteiger partial charge < -0.3 is 14.6 Å². The van der Waals surface area contributed by atoms with Crippen molar-refractivity contribution < 1.29 is 19.2 Å². The summed E-state index contributed by atoms with van der Waals surface area (Å²) in [6.45, 7) is 1.33. The van der Waals surface area contributed by atoms with Crippen LogP contribution < -0.4 is 14.4 Å². The van der Waals surface area contributed by atoms with Gasteiger partial charge >= 0.3 is 0 Å². The Morgan fingerprint density at radius 2 is 1.77 bits per heavy atom. The Bertz CT molecular complexity index is 831. The first-order valence-corrected chi connectivity index (χ1v) is 9.08. The number of benzene rings is 2. The molecule has 5 nitrogen and oxygen atoms in total. The molecule has 4 rings (SSSR count). The predicted octanol–water partition coefficient (Wildman–Crippen LogP) is 2.96. The average molecular weight is 353 g/mol. The summed E-state index contributed by atoms with van der Waals surface area (Å²) < 4.78 is 13.0. The Morgan fingerprint density at radius 1 is 1.00 bits per heavy atom. The van der Waals surface area contributed by atoms with Crippen LogP contribution in [0, 0.1) is 0 Å². The Balaban J connectivity index is 1.79. The zero-order chi connectivity index (χ0) is 18.1. The number of anilines is 1. The third-order valence-electron chi connectivity index (χ3n) is 5.41. The number of ether oxygens (including phenoxy) is 2. The molecule has 0 fully saturated rings. The van der Waals surface area contributed by atoms with E-state index in [1.165, 1.54) is 5.84 Å². The lowest BCUT2D eigenvalue weighted by Gasteiger charge is -2.24. The second-order valence-electron chi connectivity index (χ2n) is 6.83. The highest BCUT2D eigenvalue weighted by atomic mass is 16.5. The zero-order valence-corrected chi connectivity index (χ0v) is 15.3. The highest BCUT2D eigenvalue weighted by Gasteiger charge is 2.53. The van der Waals surface area contributed by atoms with Gasteiger partial charge in [-0.1, -0.05) is 12.1 Å². The van der Waals surface area contributed by atoms with Crippen LogP contribution in [0.4, 0.5) is 5.69 Å². The summed E-state index contributed by atoms with van der Waals surface area (Å²) in [6, 6.07) is 15.7. The first-order chi connectivity index (χ1) is 12.7. The van der Waals surface area contributed by atoms with Gasteiger partial charge in [-0.15, -0.1) is 0 Å². The summed E-state index contributed by atoms with van der Waals surface area (Å²) in [6.07, 6.45) is 3.18. The van der Waals surface area contributed by atoms with E-state index in [0.29, 0.717) is 6.54 Å². The van der Waals surface area contributed by atoms with E-state index >= 15 is 0 Å². The number of aliphatic hydroxyl groups is 1. The molecule has 0 spiro atoms. The Kier molecular flexibility index (Phi) is 4.32. The van der Waals surface area contributed by atoms with Crippen LogP contribution in [0.3, 0.4) is 0 Å². The highest BCUT2D eigenvalue weighted by Crippen LogP contribution is 2.39. The number of rotatable bonds is 4. The minimum Gasteiger partial charge on any atom is -0.497 e. The van der Waals surface area contributed by atoms with Crippen molar-refractivity contribution in [1.82, 2.24) is 0 Å². The average Bonchev–Trinajstić information content (AvgIpc) is 3.02. The van der Waals surface area contributed by atoms with Crippen molar-refractivity contribution in [3.8, 4) is 11.5 Å². The van der Waals surface area contributed by atoms with Gasteiger partial charge in [-0.3, -0.25) is 0 Å². The van der Waals surface area contributed by atoms with Gasteiger partial charge in [-0.25, -0.2) is 9.48 Å². The molecule has 0 amide bonds. The fourth-order valence-corrected chi connectivity index (χ4v) is 4.08. The number of nitrogens with zero attached hydrogens (tertiary/aromatic N) is 2. The molecule has 2 aliphatic rings. The fraction of sp³-hybridized carbons (Fsp3) is 0.381. The van der Waals surface area contributed by atoms with Gasteiger partial charge in [-0.2, -0.15) is 0 Å². The highest BCUT2D eigenvalue weighted by molar-refractivity contribution is 5.97. The normalized spacial score (nSPS) is 22.3. The zero-order valence-electron chi connectivity index (χ0n) is 15.3. The molecular formula is C21H25N2O3+. The molecule has 0 aromatic heterocycles. The molecule has 1 atom stereocenters. The number of hydrogen-bond donors (Lipinski definition) is 1. The van der Waals surface area contributed by atoms with Crippen LogP contribution in [0.1, 0.15) is 24.8 Å². The van der Waals surface area contributed by atoms with Crippen LogP contribution in [0.25, 0.3) is 0 Å². The van der Waals surface area contributed by atoms with Crippen LogP contribution in [0.5, 0.6) is 11.5 Å². The molecule has 5 heteroatoms. The molecule has 2 aromatic carbocycles. The number of β-amino-alcohol motifs (C(OH)–C–C–N with tert-alkyl or cyclic N) is 1. The largest absolute Gasteiger partial charge is 0.497 e. The van der Waals surface area contributed by atoms with E-state index < -0.39 is 5.72 Å². The van der Waals surface area contributed by atoms with E-state index in [1.54, 1.807) is 14.2 Å². The van der Waals surface area contributed by atoms with Gasteiger partial charge in [0.2, 0.25) is 0 Å². The van der Waals surface area contributed by atoms with Crippen molar-refractivity contribution in [3.63, 3.8) is 0 Å². The summed E-state index contributed by atoms with van der Waals surface area (Å²) in [4.78, 5) is 2.21. The van der Waals surface area contributed by atoms with E-state index in [-0.39, 0.29) is 0 Å². The quantitative estimate of drug-likeness (QED) is 0.859. The number of para-hydroxylation sites is 2. The lowest BCUT2D eigenvalue weighted by atomic mass is 10.0. The van der Waals surface area contributed by atoms with Gasteiger partial charge in [0.1, 0.15) is 5.75 Å². The smallest absolute Gasteiger partial charge is 0.271 e. The van der Waals surface area contributed by atoms with E-state index in [9.17, 15) is 5.11 Å². The molecule has 1 N–H and O–H groups in total. The van der Waals surface area contributed by atoms with Crippen LogP contribution in [0.2, 0.25) is 0 Å². The molecule has 2 aliphatic heterocycles. The predicted molar refractivity (Wildman–Crippen MR) is 101 cm³/mol. The number of hydrogen-bond acceptors (Lipinski definition) is 4. The Labute approximate surface area is 154 Å². The van der Waals surface area contributed by atoms with Crippen molar-refractivity contribution in [2.45, 2.75) is 25.0 Å². The van der Waals surface area contributed by atoms with Gasteiger partial charge in [0.25, 0.3) is 11.6 Å². The first kappa shape index (κ1) is 16.9. The molecule has 0 saturated heterocycles. The summed E-state index contributed by atoms with van der Waals surface area (Å²) in [5.41, 5.74) is 0.833. The van der Waals surface area contributed by atoms with E-state index in [4.69, 9.17) is 9.47 Å². The van der Waals surface area contributed by atoms with Gasteiger partial charge in [-0.05, 0) is 49.2 Å². The first-order valence-electron chi connectivity index (χ1n) is 9.08. The van der Waals surface area contributed by atoms with Crippen LogP contribution >= 0.6 is 0 Å². The minimum absolute atomic E-state index is 0.481. The molecule has 26 heavy (non-hydrogen) atoms. The van der Waals surface area contributed by atoms with Crippen molar-refractivity contribution in [2.24, 2.45) is 0 Å². The summed E-state index contributed by atoms with van der Waals surface area (Å²) >= 11 is 0. The minimum atomic E-state index is -1.05. The lowest BCUT2D eigenvalue weighted by Crippen LogP contribution is -2.41. The second kappa shape index (κ2) is 6.65. The maximum absolute atomic E-state index is 11.7. The lowest BCUT2D eigenvalue weighted by molar-refractivity contribution is -0.661. The summed E-state index contributed by atoms with van der Waals surface area (Å²) in [5, 5.41) is 11.7. The van der Waals surface area contributed by atoms with Crippen LogP contribution in [-0.2, 0) is 5.72 Å².